The molecule has 128 valence electrons. The number of ether oxygens (including phenoxy) is 2. The van der Waals surface area contributed by atoms with Crippen LogP contribution in [0.4, 0.5) is 11.4 Å². The van der Waals surface area contributed by atoms with Crippen LogP contribution in [0.2, 0.25) is 0 Å². The van der Waals surface area contributed by atoms with Crippen molar-refractivity contribution < 1.29 is 14.3 Å². The van der Waals surface area contributed by atoms with Gasteiger partial charge in [0.05, 0.1) is 30.5 Å². The number of anilines is 1. The highest BCUT2D eigenvalue weighted by Gasteiger charge is 2.36. The van der Waals surface area contributed by atoms with Crippen molar-refractivity contribution >= 4 is 23.5 Å². The third-order valence-electron chi connectivity index (χ3n) is 4.49. The van der Waals surface area contributed by atoms with E-state index < -0.39 is 0 Å². The number of fused-ring (bicyclic) bond motifs is 4. The Labute approximate surface area is 146 Å². The summed E-state index contributed by atoms with van der Waals surface area (Å²) in [5.74, 6) is 1.09. The number of nitrogens with zero attached hydrogens (tertiary/aromatic N) is 2. The summed E-state index contributed by atoms with van der Waals surface area (Å²) in [5, 5.41) is 0. The number of amides is 1. The molecule has 1 atom stereocenters. The number of hydrogen-bond donors (Lipinski definition) is 0. The zero-order chi connectivity index (χ0) is 17.6. The molecule has 0 N–H and O–H groups in total. The lowest BCUT2D eigenvalue weighted by Crippen LogP contribution is -2.37. The van der Waals surface area contributed by atoms with Crippen molar-refractivity contribution in [3.05, 3.63) is 47.5 Å². The van der Waals surface area contributed by atoms with Crippen LogP contribution in [0.25, 0.3) is 0 Å². The van der Waals surface area contributed by atoms with E-state index >= 15 is 0 Å². The van der Waals surface area contributed by atoms with Gasteiger partial charge in [-0.25, -0.2) is 0 Å². The molecule has 0 saturated heterocycles. The molecule has 2 aromatic carbocycles. The fourth-order valence-corrected chi connectivity index (χ4v) is 3.42. The van der Waals surface area contributed by atoms with Crippen molar-refractivity contribution in [1.29, 1.82) is 0 Å². The molecule has 2 aliphatic heterocycles. The first-order valence-corrected chi connectivity index (χ1v) is 8.43. The second-order valence-corrected chi connectivity index (χ2v) is 6.54. The quantitative estimate of drug-likeness (QED) is 0.857. The molecule has 5 heteroatoms. The lowest BCUT2D eigenvalue weighted by Gasteiger charge is -2.22. The van der Waals surface area contributed by atoms with E-state index in [1.807, 2.05) is 43.2 Å². The maximum atomic E-state index is 13.2. The first-order valence-electron chi connectivity index (χ1n) is 8.43. The number of para-hydroxylation sites is 1. The topological polar surface area (TPSA) is 51.1 Å². The van der Waals surface area contributed by atoms with Gasteiger partial charge in [-0.1, -0.05) is 18.2 Å². The van der Waals surface area contributed by atoms with Gasteiger partial charge in [0.1, 0.15) is 0 Å². The molecule has 2 heterocycles. The first-order chi connectivity index (χ1) is 12.1. The Morgan fingerprint density at radius 1 is 1.20 bits per heavy atom. The van der Waals surface area contributed by atoms with Crippen LogP contribution in [0, 0.1) is 0 Å². The molecule has 0 bridgehead atoms. The van der Waals surface area contributed by atoms with Crippen molar-refractivity contribution in [2.45, 2.75) is 32.4 Å². The summed E-state index contributed by atoms with van der Waals surface area (Å²) in [6.07, 6.45) is 2.65. The van der Waals surface area contributed by atoms with Crippen molar-refractivity contribution in [2.24, 2.45) is 4.99 Å². The molecule has 0 fully saturated rings. The molecule has 0 aromatic heterocycles. The summed E-state index contributed by atoms with van der Waals surface area (Å²) >= 11 is 0. The molecule has 25 heavy (non-hydrogen) atoms. The zero-order valence-corrected chi connectivity index (χ0v) is 14.5. The highest BCUT2D eigenvalue weighted by Crippen LogP contribution is 2.40. The van der Waals surface area contributed by atoms with E-state index in [9.17, 15) is 4.79 Å². The number of carbonyl (C=O) groups is 1. The van der Waals surface area contributed by atoms with Crippen LogP contribution < -0.4 is 14.4 Å². The fraction of sp³-hybridized carbons (Fsp3) is 0.300. The molecule has 2 aromatic rings. The maximum Gasteiger partial charge on any atom is 0.261 e. The van der Waals surface area contributed by atoms with Gasteiger partial charge in [-0.2, -0.15) is 0 Å². The number of carbonyl (C=O) groups excluding carboxylic acids is 1. The Hall–Kier alpha value is -2.82. The summed E-state index contributed by atoms with van der Waals surface area (Å²) < 4.78 is 11.2. The molecule has 5 nitrogen and oxygen atoms in total. The van der Waals surface area contributed by atoms with Gasteiger partial charge < -0.3 is 9.47 Å². The van der Waals surface area contributed by atoms with Gasteiger partial charge in [-0.15, -0.1) is 0 Å². The minimum absolute atomic E-state index is 0.00687. The molecule has 0 spiro atoms. The average molecular weight is 336 g/mol. The number of benzene rings is 2. The summed E-state index contributed by atoms with van der Waals surface area (Å²) in [7, 11) is 1.58. The van der Waals surface area contributed by atoms with Crippen LogP contribution in [-0.2, 0) is 6.42 Å². The smallest absolute Gasteiger partial charge is 0.261 e. The second-order valence-electron chi connectivity index (χ2n) is 6.54. The molecular weight excluding hydrogens is 316 g/mol. The Balaban J connectivity index is 1.82. The molecule has 4 rings (SSSR count). The molecule has 1 unspecified atom stereocenters. The molecular formula is C20H20N2O3. The third kappa shape index (κ3) is 2.56. The predicted octanol–water partition coefficient (Wildman–Crippen LogP) is 3.77. The molecule has 2 aliphatic rings. The lowest BCUT2D eigenvalue weighted by molar-refractivity contribution is 0.0986. The number of rotatable bonds is 3. The van der Waals surface area contributed by atoms with E-state index in [0.717, 1.165) is 12.1 Å². The largest absolute Gasteiger partial charge is 0.493 e. The van der Waals surface area contributed by atoms with Gasteiger partial charge >= 0.3 is 0 Å². The Bertz CT molecular complexity index is 873. The SMILES string of the molecule is COc1cc2c(cc1OC(C)C)N=CC1Cc3ccccc3N1C2=O. The van der Waals surface area contributed by atoms with E-state index in [1.54, 1.807) is 19.2 Å². The first kappa shape index (κ1) is 15.7. The van der Waals surface area contributed by atoms with Crippen LogP contribution in [0.5, 0.6) is 11.5 Å². The van der Waals surface area contributed by atoms with Crippen molar-refractivity contribution in [3.63, 3.8) is 0 Å². The van der Waals surface area contributed by atoms with Crippen LogP contribution in [0.1, 0.15) is 29.8 Å². The molecule has 0 aliphatic carbocycles. The van der Waals surface area contributed by atoms with Gasteiger partial charge in [0, 0.05) is 24.4 Å². The van der Waals surface area contributed by atoms with E-state index in [1.165, 1.54) is 5.56 Å². The highest BCUT2D eigenvalue weighted by molar-refractivity contribution is 6.14. The summed E-state index contributed by atoms with van der Waals surface area (Å²) in [6.45, 7) is 3.90. The normalized spacial score (nSPS) is 17.8. The average Bonchev–Trinajstić information content (AvgIpc) is 2.91. The molecule has 1 amide bonds. The number of methoxy groups -OCH3 is 1. The van der Waals surface area contributed by atoms with Crippen LogP contribution >= 0.6 is 0 Å². The summed E-state index contributed by atoms with van der Waals surface area (Å²) in [4.78, 5) is 19.6. The zero-order valence-electron chi connectivity index (χ0n) is 14.5. The van der Waals surface area contributed by atoms with Crippen molar-refractivity contribution in [1.82, 2.24) is 0 Å². The van der Waals surface area contributed by atoms with E-state index in [2.05, 4.69) is 11.1 Å². The van der Waals surface area contributed by atoms with Crippen molar-refractivity contribution in [2.75, 3.05) is 12.0 Å². The van der Waals surface area contributed by atoms with Gasteiger partial charge in [-0.05, 0) is 31.5 Å². The van der Waals surface area contributed by atoms with E-state index in [0.29, 0.717) is 22.7 Å². The summed E-state index contributed by atoms with van der Waals surface area (Å²) in [6, 6.07) is 11.5. The Morgan fingerprint density at radius 2 is 2.00 bits per heavy atom. The van der Waals surface area contributed by atoms with Crippen LogP contribution in [0.3, 0.4) is 0 Å². The Kier molecular flexibility index (Phi) is 3.71. The molecule has 0 saturated carbocycles. The lowest BCUT2D eigenvalue weighted by atomic mass is 10.1. The maximum absolute atomic E-state index is 13.2. The van der Waals surface area contributed by atoms with E-state index in [-0.39, 0.29) is 18.1 Å². The van der Waals surface area contributed by atoms with E-state index in [4.69, 9.17) is 9.47 Å². The Morgan fingerprint density at radius 3 is 2.76 bits per heavy atom. The summed E-state index contributed by atoms with van der Waals surface area (Å²) in [5.41, 5.74) is 3.28. The van der Waals surface area contributed by atoms with Gasteiger partial charge in [0.25, 0.3) is 5.91 Å². The number of hydrogen-bond acceptors (Lipinski definition) is 4. The van der Waals surface area contributed by atoms with Gasteiger partial charge in [0.2, 0.25) is 0 Å². The van der Waals surface area contributed by atoms with Gasteiger partial charge in [-0.3, -0.25) is 14.7 Å². The van der Waals surface area contributed by atoms with Crippen LogP contribution in [0.15, 0.2) is 41.4 Å². The second kappa shape index (κ2) is 5.92. The molecule has 0 radical (unpaired) electrons. The highest BCUT2D eigenvalue weighted by atomic mass is 16.5. The minimum atomic E-state index is -0.0585. The van der Waals surface area contributed by atoms with Crippen molar-refractivity contribution in [3.8, 4) is 11.5 Å². The third-order valence-corrected chi connectivity index (χ3v) is 4.49. The van der Waals surface area contributed by atoms with Gasteiger partial charge in [0.15, 0.2) is 11.5 Å². The monoisotopic (exact) mass is 336 g/mol. The standard InChI is InChI=1S/C20H20N2O3/c1-12(2)25-19-10-16-15(9-18(19)24-3)20(23)22-14(11-21-16)8-13-6-4-5-7-17(13)22/h4-7,9-12,14H,8H2,1-3H3. The number of aliphatic imine (C=N–C) groups is 1. The predicted molar refractivity (Wildman–Crippen MR) is 97.7 cm³/mol. The fourth-order valence-electron chi connectivity index (χ4n) is 3.42. The minimum Gasteiger partial charge on any atom is -0.493 e. The van der Waals surface area contributed by atoms with Crippen LogP contribution in [-0.4, -0.2) is 31.4 Å².